The van der Waals surface area contributed by atoms with Gasteiger partial charge >= 0.3 is 5.97 Å². The Hall–Kier alpha value is -2.11. The Labute approximate surface area is 123 Å². The van der Waals surface area contributed by atoms with Crippen molar-refractivity contribution in [3.8, 4) is 5.75 Å². The van der Waals surface area contributed by atoms with Gasteiger partial charge in [0.25, 0.3) is 0 Å². The Morgan fingerprint density at radius 3 is 2.62 bits per heavy atom. The number of carbonyl (C=O) groups is 2. The maximum atomic E-state index is 12.9. The lowest BCUT2D eigenvalue weighted by Crippen LogP contribution is -2.50. The molecular weight excluding hydrogens is 277 g/mol. The summed E-state index contributed by atoms with van der Waals surface area (Å²) in [5.74, 6) is -1.31. The molecule has 0 aliphatic carbocycles. The molecule has 116 valence electrons. The molecule has 1 aromatic rings. The monoisotopic (exact) mass is 297 g/mol. The maximum absolute atomic E-state index is 12.9. The molecule has 0 heterocycles. The highest BCUT2D eigenvalue weighted by atomic mass is 19.1. The Kier molecular flexibility index (Phi) is 5.69. The average Bonchev–Trinajstić information content (AvgIpc) is 2.42. The minimum atomic E-state index is -1.25. The fourth-order valence-corrected chi connectivity index (χ4v) is 1.59. The number of aliphatic carboxylic acids is 1. The summed E-state index contributed by atoms with van der Waals surface area (Å²) < 4.78 is 18.2. The molecule has 0 radical (unpaired) electrons. The largest absolute Gasteiger partial charge is 0.493 e. The first-order valence-electron chi connectivity index (χ1n) is 6.63. The van der Waals surface area contributed by atoms with Crippen molar-refractivity contribution < 1.29 is 23.8 Å². The Balaban J connectivity index is 2.39. The number of nitrogens with zero attached hydrogens (tertiary/aromatic N) is 1. The van der Waals surface area contributed by atoms with Crippen molar-refractivity contribution >= 4 is 11.9 Å². The third-order valence-electron chi connectivity index (χ3n) is 3.34. The number of likely N-dealkylation sites (N-methyl/N-ethyl adjacent to an activating group) is 1. The summed E-state index contributed by atoms with van der Waals surface area (Å²) in [6, 6.07) is 5.75. The summed E-state index contributed by atoms with van der Waals surface area (Å²) in [7, 11) is 1.46. The van der Waals surface area contributed by atoms with E-state index >= 15 is 0 Å². The zero-order valence-corrected chi connectivity index (χ0v) is 12.4. The third kappa shape index (κ3) is 4.73. The smallest absolute Gasteiger partial charge is 0.329 e. The summed E-state index contributed by atoms with van der Waals surface area (Å²) in [5.41, 5.74) is -1.25. The first kappa shape index (κ1) is 16.9. The van der Waals surface area contributed by atoms with Crippen molar-refractivity contribution in [3.05, 3.63) is 30.1 Å². The van der Waals surface area contributed by atoms with Gasteiger partial charge in [-0.25, -0.2) is 9.18 Å². The fraction of sp³-hybridized carbons (Fsp3) is 0.467. The van der Waals surface area contributed by atoms with Crippen LogP contribution in [0.1, 0.15) is 26.7 Å². The molecule has 0 aliphatic rings. The van der Waals surface area contributed by atoms with Gasteiger partial charge in [-0.05, 0) is 32.4 Å². The third-order valence-corrected chi connectivity index (χ3v) is 3.34. The number of hydrogen-bond donors (Lipinski definition) is 1. The minimum Gasteiger partial charge on any atom is -0.493 e. The van der Waals surface area contributed by atoms with Crippen LogP contribution in [-0.2, 0) is 9.59 Å². The summed E-state index contributed by atoms with van der Waals surface area (Å²) in [5, 5.41) is 9.05. The molecule has 0 spiro atoms. The van der Waals surface area contributed by atoms with E-state index in [4.69, 9.17) is 9.84 Å². The number of rotatable bonds is 7. The lowest BCUT2D eigenvalue weighted by atomic mass is 10.0. The van der Waals surface area contributed by atoms with Crippen LogP contribution in [0, 0.1) is 5.82 Å². The van der Waals surface area contributed by atoms with E-state index in [0.29, 0.717) is 12.2 Å². The lowest BCUT2D eigenvalue weighted by Gasteiger charge is -2.31. The van der Waals surface area contributed by atoms with Gasteiger partial charge in [0.1, 0.15) is 17.1 Å². The molecule has 0 aliphatic heterocycles. The fourth-order valence-electron chi connectivity index (χ4n) is 1.59. The van der Waals surface area contributed by atoms with E-state index in [9.17, 15) is 14.0 Å². The van der Waals surface area contributed by atoms with Crippen molar-refractivity contribution in [3.63, 3.8) is 0 Å². The summed E-state index contributed by atoms with van der Waals surface area (Å²) in [6.07, 6.45) is 0.595. The molecule has 0 unspecified atom stereocenters. The van der Waals surface area contributed by atoms with Crippen LogP contribution in [0.4, 0.5) is 4.39 Å². The zero-order chi connectivity index (χ0) is 16.0. The SMILES string of the molecule is CN(C(=O)CCCOc1cccc(F)c1)C(C)(C)C(=O)O. The molecular formula is C15H20FNO4. The van der Waals surface area contributed by atoms with Gasteiger partial charge in [-0.15, -0.1) is 0 Å². The van der Waals surface area contributed by atoms with Gasteiger partial charge in [-0.3, -0.25) is 4.79 Å². The Morgan fingerprint density at radius 1 is 1.38 bits per heavy atom. The number of carboxylic acids is 1. The maximum Gasteiger partial charge on any atom is 0.329 e. The second kappa shape index (κ2) is 7.06. The van der Waals surface area contributed by atoms with Crippen molar-refractivity contribution in [2.75, 3.05) is 13.7 Å². The Morgan fingerprint density at radius 2 is 2.05 bits per heavy atom. The number of benzene rings is 1. The van der Waals surface area contributed by atoms with Crippen LogP contribution < -0.4 is 4.74 Å². The molecule has 21 heavy (non-hydrogen) atoms. The molecule has 0 aromatic heterocycles. The van der Waals surface area contributed by atoms with Gasteiger partial charge in [-0.2, -0.15) is 0 Å². The quantitative estimate of drug-likeness (QED) is 0.784. The van der Waals surface area contributed by atoms with E-state index in [0.717, 1.165) is 0 Å². The number of amides is 1. The first-order valence-corrected chi connectivity index (χ1v) is 6.63. The highest BCUT2D eigenvalue weighted by Gasteiger charge is 2.34. The minimum absolute atomic E-state index is 0.169. The van der Waals surface area contributed by atoms with Crippen molar-refractivity contribution in [2.24, 2.45) is 0 Å². The van der Waals surface area contributed by atoms with Crippen LogP contribution in [0.3, 0.4) is 0 Å². The normalized spacial score (nSPS) is 11.0. The van der Waals surface area contributed by atoms with Crippen LogP contribution in [-0.4, -0.2) is 41.1 Å². The zero-order valence-electron chi connectivity index (χ0n) is 12.4. The predicted octanol–water partition coefficient (Wildman–Crippen LogP) is 2.31. The molecule has 0 saturated heterocycles. The molecule has 6 heteroatoms. The molecule has 0 fully saturated rings. The van der Waals surface area contributed by atoms with E-state index in [2.05, 4.69) is 0 Å². The molecule has 1 N–H and O–H groups in total. The van der Waals surface area contributed by atoms with Gasteiger partial charge < -0.3 is 14.7 Å². The summed E-state index contributed by atoms with van der Waals surface area (Å²) in [4.78, 5) is 24.2. The Bertz CT molecular complexity index is 516. The van der Waals surface area contributed by atoms with Crippen LogP contribution in [0.15, 0.2) is 24.3 Å². The second-order valence-corrected chi connectivity index (χ2v) is 5.23. The first-order chi connectivity index (χ1) is 9.75. The van der Waals surface area contributed by atoms with E-state index < -0.39 is 11.5 Å². The van der Waals surface area contributed by atoms with Crippen LogP contribution in [0.5, 0.6) is 5.75 Å². The van der Waals surface area contributed by atoms with Gasteiger partial charge in [0, 0.05) is 19.5 Å². The van der Waals surface area contributed by atoms with Crippen molar-refractivity contribution in [2.45, 2.75) is 32.2 Å². The van der Waals surface area contributed by atoms with Crippen LogP contribution in [0.25, 0.3) is 0 Å². The lowest BCUT2D eigenvalue weighted by molar-refractivity contribution is -0.155. The highest BCUT2D eigenvalue weighted by Crippen LogP contribution is 2.15. The average molecular weight is 297 g/mol. The van der Waals surface area contributed by atoms with Crippen molar-refractivity contribution in [1.82, 2.24) is 4.90 Å². The second-order valence-electron chi connectivity index (χ2n) is 5.23. The molecule has 5 nitrogen and oxygen atoms in total. The molecule has 1 aromatic carbocycles. The predicted molar refractivity (Wildman–Crippen MR) is 75.6 cm³/mol. The molecule has 0 bridgehead atoms. The standard InChI is InChI=1S/C15H20FNO4/c1-15(2,14(19)20)17(3)13(18)8-5-9-21-12-7-4-6-11(16)10-12/h4,6-7,10H,5,8-9H2,1-3H3,(H,19,20). The topological polar surface area (TPSA) is 66.8 Å². The molecule has 1 amide bonds. The van der Waals surface area contributed by atoms with Gasteiger partial charge in [0.05, 0.1) is 6.61 Å². The summed E-state index contributed by atoms with van der Waals surface area (Å²) in [6.45, 7) is 3.20. The number of halogens is 1. The number of carbonyl (C=O) groups excluding carboxylic acids is 1. The van der Waals surface area contributed by atoms with E-state index in [1.54, 1.807) is 12.1 Å². The number of ether oxygens (including phenoxy) is 1. The van der Waals surface area contributed by atoms with Crippen LogP contribution >= 0.6 is 0 Å². The number of carboxylic acid groups (broad SMARTS) is 1. The van der Waals surface area contributed by atoms with Crippen LogP contribution in [0.2, 0.25) is 0 Å². The molecule has 0 atom stereocenters. The summed E-state index contributed by atoms with van der Waals surface area (Å²) >= 11 is 0. The van der Waals surface area contributed by atoms with Gasteiger partial charge in [0.2, 0.25) is 5.91 Å². The van der Waals surface area contributed by atoms with E-state index in [1.807, 2.05) is 0 Å². The van der Waals surface area contributed by atoms with Gasteiger partial charge in [0.15, 0.2) is 0 Å². The highest BCUT2D eigenvalue weighted by molar-refractivity contribution is 5.86. The van der Waals surface area contributed by atoms with Gasteiger partial charge in [-0.1, -0.05) is 6.07 Å². The molecule has 0 saturated carbocycles. The van der Waals surface area contributed by atoms with E-state index in [-0.39, 0.29) is 24.8 Å². The number of hydrogen-bond acceptors (Lipinski definition) is 3. The van der Waals surface area contributed by atoms with Crippen molar-refractivity contribution in [1.29, 1.82) is 0 Å². The van der Waals surface area contributed by atoms with E-state index in [1.165, 1.54) is 37.9 Å². The molecule has 1 rings (SSSR count).